The van der Waals surface area contributed by atoms with Crippen molar-refractivity contribution in [3.05, 3.63) is 78.9 Å². The van der Waals surface area contributed by atoms with Crippen LogP contribution in [-0.2, 0) is 6.18 Å². The monoisotopic (exact) mass is 587 g/mol. The second kappa shape index (κ2) is 11.6. The molecule has 0 amide bonds. The molecule has 0 bridgehead atoms. The van der Waals surface area contributed by atoms with Crippen LogP contribution >= 0.6 is 0 Å². The Morgan fingerprint density at radius 1 is 0.977 bits per heavy atom. The lowest BCUT2D eigenvalue weighted by atomic mass is 10.0. The van der Waals surface area contributed by atoms with Gasteiger partial charge in [-0.2, -0.15) is 13.2 Å². The van der Waals surface area contributed by atoms with E-state index in [-0.39, 0.29) is 0 Å². The van der Waals surface area contributed by atoms with Crippen molar-refractivity contribution in [1.29, 1.82) is 0 Å². The topological polar surface area (TPSA) is 82.2 Å². The molecule has 1 saturated heterocycles. The first kappa shape index (κ1) is 28.5. The van der Waals surface area contributed by atoms with Gasteiger partial charge < -0.3 is 24.8 Å². The maximum Gasteiger partial charge on any atom is 0.433 e. The molecule has 222 valence electrons. The highest BCUT2D eigenvalue weighted by Crippen LogP contribution is 2.38. The number of pyridine rings is 1. The third-order valence-corrected chi connectivity index (χ3v) is 7.97. The molecule has 43 heavy (non-hydrogen) atoms. The molecule has 2 N–H and O–H groups in total. The number of rotatable bonds is 7. The molecule has 1 fully saturated rings. The lowest BCUT2D eigenvalue weighted by molar-refractivity contribution is -0.141. The van der Waals surface area contributed by atoms with Gasteiger partial charge in [0, 0.05) is 77.1 Å². The van der Waals surface area contributed by atoms with Crippen LogP contribution in [0.15, 0.2) is 73.2 Å². The minimum Gasteiger partial charge on any atom is -0.495 e. The summed E-state index contributed by atoms with van der Waals surface area (Å²) >= 11 is 0. The summed E-state index contributed by atoms with van der Waals surface area (Å²) in [5.74, 6) is 1.09. The van der Waals surface area contributed by atoms with E-state index in [9.17, 15) is 13.2 Å². The van der Waals surface area contributed by atoms with Crippen LogP contribution in [0.1, 0.15) is 18.5 Å². The summed E-state index contributed by atoms with van der Waals surface area (Å²) in [5, 5.41) is 4.21. The highest BCUT2D eigenvalue weighted by Gasteiger charge is 2.32. The first-order valence-corrected chi connectivity index (χ1v) is 14.0. The van der Waals surface area contributed by atoms with E-state index in [1.807, 2.05) is 48.7 Å². The molecule has 0 radical (unpaired) electrons. The normalized spacial score (nSPS) is 14.4. The third-order valence-electron chi connectivity index (χ3n) is 7.97. The smallest absolute Gasteiger partial charge is 0.433 e. The van der Waals surface area contributed by atoms with Crippen molar-refractivity contribution in [1.82, 2.24) is 24.8 Å². The fourth-order valence-corrected chi connectivity index (χ4v) is 5.62. The minimum atomic E-state index is -4.53. The number of nitrogens with zero attached hydrogens (tertiary/aromatic N) is 5. The quantitative estimate of drug-likeness (QED) is 0.212. The van der Waals surface area contributed by atoms with Crippen molar-refractivity contribution in [3.8, 4) is 28.1 Å². The average molecular weight is 588 g/mol. The largest absolute Gasteiger partial charge is 0.495 e. The number of nitrogens with one attached hydrogen (secondary N) is 2. The van der Waals surface area contributed by atoms with Gasteiger partial charge in [0.1, 0.15) is 11.4 Å². The molecule has 2 aromatic carbocycles. The van der Waals surface area contributed by atoms with Gasteiger partial charge in [-0.1, -0.05) is 24.3 Å². The van der Waals surface area contributed by atoms with Gasteiger partial charge in [-0.15, -0.1) is 0 Å². The number of benzene rings is 2. The van der Waals surface area contributed by atoms with Crippen molar-refractivity contribution in [2.45, 2.75) is 25.1 Å². The Morgan fingerprint density at radius 3 is 2.47 bits per heavy atom. The first-order chi connectivity index (χ1) is 20.7. The van der Waals surface area contributed by atoms with Gasteiger partial charge in [0.15, 0.2) is 0 Å². The molecule has 0 aliphatic carbocycles. The van der Waals surface area contributed by atoms with E-state index in [2.05, 4.69) is 44.2 Å². The zero-order valence-corrected chi connectivity index (χ0v) is 24.1. The summed E-state index contributed by atoms with van der Waals surface area (Å²) < 4.78 is 45.3. The summed E-state index contributed by atoms with van der Waals surface area (Å²) in [6, 6.07) is 16.7. The number of hydrogen-bond acceptors (Lipinski definition) is 7. The Morgan fingerprint density at radius 2 is 1.77 bits per heavy atom. The van der Waals surface area contributed by atoms with Crippen molar-refractivity contribution in [3.63, 3.8) is 0 Å². The van der Waals surface area contributed by atoms with Crippen molar-refractivity contribution in [2.75, 3.05) is 44.5 Å². The predicted octanol–water partition coefficient (Wildman–Crippen LogP) is 6.99. The Kier molecular flexibility index (Phi) is 7.66. The van der Waals surface area contributed by atoms with E-state index < -0.39 is 11.9 Å². The lowest BCUT2D eigenvalue weighted by Gasteiger charge is -2.37. The molecule has 4 heterocycles. The molecule has 5 aromatic rings. The number of anilines is 3. The van der Waals surface area contributed by atoms with Crippen LogP contribution in [0.2, 0.25) is 0 Å². The minimum absolute atomic E-state index is 0.338. The Hall–Kier alpha value is -4.64. The van der Waals surface area contributed by atoms with E-state index in [4.69, 9.17) is 9.72 Å². The molecule has 6 rings (SSSR count). The van der Waals surface area contributed by atoms with Crippen LogP contribution in [0.3, 0.4) is 0 Å². The second-order valence-electron chi connectivity index (χ2n) is 10.8. The fraction of sp³-hybridized carbons (Fsp3) is 0.281. The van der Waals surface area contributed by atoms with Crippen LogP contribution in [0.5, 0.6) is 5.75 Å². The number of ether oxygens (including phenoxy) is 1. The summed E-state index contributed by atoms with van der Waals surface area (Å²) in [6.45, 7) is 1.90. The van der Waals surface area contributed by atoms with E-state index in [0.29, 0.717) is 28.8 Å². The van der Waals surface area contributed by atoms with Gasteiger partial charge in [-0.25, -0.2) is 9.97 Å². The maximum atomic E-state index is 13.2. The number of hydrogen-bond donors (Lipinski definition) is 2. The molecule has 11 heteroatoms. The fourth-order valence-electron chi connectivity index (χ4n) is 5.62. The number of methoxy groups -OCH3 is 1. The molecular formula is C32H32F3N7O. The molecule has 1 aliphatic heterocycles. The molecule has 8 nitrogen and oxygen atoms in total. The van der Waals surface area contributed by atoms with Gasteiger partial charge in [0.2, 0.25) is 5.95 Å². The number of aromatic nitrogens is 4. The van der Waals surface area contributed by atoms with Gasteiger partial charge in [-0.3, -0.25) is 4.98 Å². The molecule has 0 unspecified atom stereocenters. The maximum absolute atomic E-state index is 13.2. The van der Waals surface area contributed by atoms with Crippen LogP contribution < -0.4 is 15.0 Å². The zero-order chi connectivity index (χ0) is 30.1. The van der Waals surface area contributed by atoms with Gasteiger partial charge in [-0.05, 0) is 51.2 Å². The highest BCUT2D eigenvalue weighted by atomic mass is 19.4. The van der Waals surface area contributed by atoms with Crippen LogP contribution in [0.25, 0.3) is 33.3 Å². The molecule has 1 aliphatic rings. The SMILES string of the molecule is COc1cc(Nc2ncc(-c3ccc(C(F)(F)F)nc3)c(-c3c[nH]c4ccccc34)n2)ccc1N1CCC(N(C)C)CC1. The summed E-state index contributed by atoms with van der Waals surface area (Å²) in [7, 11) is 5.91. The van der Waals surface area contributed by atoms with Gasteiger partial charge >= 0.3 is 6.18 Å². The Labute approximate surface area is 247 Å². The van der Waals surface area contributed by atoms with Crippen LogP contribution in [0, 0.1) is 0 Å². The number of aromatic amines is 1. The Bertz CT molecular complexity index is 1730. The predicted molar refractivity (Wildman–Crippen MR) is 163 cm³/mol. The van der Waals surface area contributed by atoms with Crippen molar-refractivity contribution in [2.24, 2.45) is 0 Å². The zero-order valence-electron chi connectivity index (χ0n) is 24.1. The standard InChI is InChI=1S/C32H32F3N7O/c1-41(2)22-12-14-42(15-13-22)27-10-9-21(16-28(27)43-3)39-31-38-18-24(20-8-11-29(37-17-20)32(33,34)35)30(40-31)25-19-36-26-7-5-4-6-23(25)26/h4-11,16-19,22,36H,12-15H2,1-3H3,(H,38,39,40). The third kappa shape index (κ3) is 5.85. The first-order valence-electron chi connectivity index (χ1n) is 14.0. The number of para-hydroxylation sites is 1. The lowest BCUT2D eigenvalue weighted by Crippen LogP contribution is -2.42. The van der Waals surface area contributed by atoms with E-state index in [0.717, 1.165) is 65.6 Å². The molecule has 0 spiro atoms. The van der Waals surface area contributed by atoms with Crippen molar-refractivity contribution < 1.29 is 17.9 Å². The van der Waals surface area contributed by atoms with Gasteiger partial charge in [0.25, 0.3) is 0 Å². The molecular weight excluding hydrogens is 555 g/mol. The summed E-state index contributed by atoms with van der Waals surface area (Å²) in [4.78, 5) is 20.9. The van der Waals surface area contributed by atoms with Crippen LogP contribution in [-0.4, -0.2) is 65.2 Å². The van der Waals surface area contributed by atoms with E-state index in [1.54, 1.807) is 13.3 Å². The number of piperidine rings is 1. The number of alkyl halides is 3. The van der Waals surface area contributed by atoms with Crippen molar-refractivity contribution >= 4 is 28.2 Å². The summed E-state index contributed by atoms with van der Waals surface area (Å²) in [6.07, 6.45) is 2.30. The Balaban J connectivity index is 1.33. The molecule has 3 aromatic heterocycles. The highest BCUT2D eigenvalue weighted by molar-refractivity contribution is 5.98. The van der Waals surface area contributed by atoms with E-state index in [1.165, 1.54) is 12.3 Å². The van der Waals surface area contributed by atoms with E-state index >= 15 is 0 Å². The number of fused-ring (bicyclic) bond motifs is 1. The van der Waals surface area contributed by atoms with Crippen LogP contribution in [0.4, 0.5) is 30.5 Å². The molecule has 0 saturated carbocycles. The molecule has 0 atom stereocenters. The number of H-pyrrole nitrogens is 1. The van der Waals surface area contributed by atoms with Gasteiger partial charge in [0.05, 0.1) is 18.5 Å². The summed E-state index contributed by atoms with van der Waals surface area (Å²) in [5.41, 5.74) is 4.14. The number of halogens is 3. The average Bonchev–Trinajstić information content (AvgIpc) is 3.45. The second-order valence-corrected chi connectivity index (χ2v) is 10.8.